The first-order valence-electron chi connectivity index (χ1n) is 7.02. The second-order valence-corrected chi connectivity index (χ2v) is 5.18. The number of amides is 2. The van der Waals surface area contributed by atoms with E-state index in [0.29, 0.717) is 5.56 Å². The Labute approximate surface area is 137 Å². The van der Waals surface area contributed by atoms with E-state index in [0.717, 1.165) is 0 Å². The predicted molar refractivity (Wildman–Crippen MR) is 82.0 cm³/mol. The van der Waals surface area contributed by atoms with Crippen molar-refractivity contribution in [2.75, 3.05) is 7.11 Å². The van der Waals surface area contributed by atoms with Gasteiger partial charge in [-0.2, -0.15) is 0 Å². The second kappa shape index (κ2) is 7.03. The van der Waals surface area contributed by atoms with Crippen molar-refractivity contribution >= 4 is 12.0 Å². The lowest BCUT2D eigenvalue weighted by Gasteiger charge is -2.24. The number of aliphatic carboxylic acids is 1. The Morgan fingerprint density at radius 3 is 2.67 bits per heavy atom. The number of rotatable bonds is 6. The summed E-state index contributed by atoms with van der Waals surface area (Å²) in [7, 11) is 1.35. The molecular formula is C16H17FN2O5. The number of carboxylic acid groups (broad SMARTS) is 1. The Balaban J connectivity index is 2.02. The number of ether oxygens (including phenoxy) is 1. The minimum atomic E-state index is -1.72. The number of furan rings is 1. The van der Waals surface area contributed by atoms with Crippen molar-refractivity contribution in [1.29, 1.82) is 0 Å². The van der Waals surface area contributed by atoms with Gasteiger partial charge in [0.25, 0.3) is 0 Å². The fraction of sp³-hybridized carbons (Fsp3) is 0.250. The van der Waals surface area contributed by atoms with Crippen molar-refractivity contribution in [2.24, 2.45) is 0 Å². The zero-order valence-corrected chi connectivity index (χ0v) is 13.1. The molecule has 1 atom stereocenters. The van der Waals surface area contributed by atoms with E-state index < -0.39 is 23.4 Å². The van der Waals surface area contributed by atoms with E-state index in [-0.39, 0.29) is 18.1 Å². The summed E-state index contributed by atoms with van der Waals surface area (Å²) in [5, 5.41) is 14.2. The molecule has 2 rings (SSSR count). The molecule has 0 saturated carbocycles. The lowest BCUT2D eigenvalue weighted by molar-refractivity contribution is -0.144. The van der Waals surface area contributed by atoms with Gasteiger partial charge in [-0.15, -0.1) is 0 Å². The quantitative estimate of drug-likeness (QED) is 0.751. The van der Waals surface area contributed by atoms with Gasteiger partial charge in [0.15, 0.2) is 17.1 Å². The zero-order chi connectivity index (χ0) is 17.7. The van der Waals surface area contributed by atoms with Crippen LogP contribution < -0.4 is 15.4 Å². The molecule has 0 fully saturated rings. The van der Waals surface area contributed by atoms with Crippen LogP contribution in [0, 0.1) is 5.82 Å². The SMILES string of the molecule is COc1ccc(CNC(=O)N[C@](C)(C(=O)O)c2ccco2)cc1F. The summed E-state index contributed by atoms with van der Waals surface area (Å²) in [5.74, 6) is -1.65. The summed E-state index contributed by atoms with van der Waals surface area (Å²) in [6.07, 6.45) is 1.32. The monoisotopic (exact) mass is 336 g/mol. The van der Waals surface area contributed by atoms with Crippen molar-refractivity contribution in [3.8, 4) is 5.75 Å². The largest absolute Gasteiger partial charge is 0.494 e. The first kappa shape index (κ1) is 17.3. The lowest BCUT2D eigenvalue weighted by Crippen LogP contribution is -2.52. The number of hydrogen-bond acceptors (Lipinski definition) is 4. The van der Waals surface area contributed by atoms with Crippen LogP contribution in [0.1, 0.15) is 18.2 Å². The standard InChI is InChI=1S/C16H17FN2O5/c1-16(14(20)21,13-4-3-7-24-13)19-15(22)18-9-10-5-6-12(23-2)11(17)8-10/h3-8H,9H2,1-2H3,(H,20,21)(H2,18,19,22)/t16-/m0/s1. The van der Waals surface area contributed by atoms with Crippen LogP contribution in [0.25, 0.3) is 0 Å². The molecule has 0 aliphatic carbocycles. The number of benzene rings is 1. The predicted octanol–water partition coefficient (Wildman–Crippen LogP) is 2.23. The van der Waals surface area contributed by atoms with Crippen molar-refractivity contribution in [3.63, 3.8) is 0 Å². The number of hydrogen-bond donors (Lipinski definition) is 3. The number of urea groups is 1. The number of halogens is 1. The van der Waals surface area contributed by atoms with Crippen LogP contribution in [0.5, 0.6) is 5.75 Å². The van der Waals surface area contributed by atoms with Gasteiger partial charge in [0.1, 0.15) is 5.76 Å². The summed E-state index contributed by atoms with van der Waals surface area (Å²) < 4.78 is 23.5. The van der Waals surface area contributed by atoms with Crippen LogP contribution >= 0.6 is 0 Å². The topological polar surface area (TPSA) is 101 Å². The molecule has 24 heavy (non-hydrogen) atoms. The smallest absolute Gasteiger partial charge is 0.337 e. The van der Waals surface area contributed by atoms with Crippen LogP contribution in [0.3, 0.4) is 0 Å². The molecule has 1 aromatic carbocycles. The Hall–Kier alpha value is -3.03. The van der Waals surface area contributed by atoms with Gasteiger partial charge in [-0.25, -0.2) is 14.0 Å². The van der Waals surface area contributed by atoms with Gasteiger partial charge in [-0.05, 0) is 36.8 Å². The summed E-state index contributed by atoms with van der Waals surface area (Å²) in [5.41, 5.74) is -1.22. The molecule has 0 unspecified atom stereocenters. The molecular weight excluding hydrogens is 319 g/mol. The highest BCUT2D eigenvalue weighted by Crippen LogP contribution is 2.21. The van der Waals surface area contributed by atoms with Crippen LogP contribution in [-0.4, -0.2) is 24.2 Å². The van der Waals surface area contributed by atoms with Crippen molar-refractivity contribution in [1.82, 2.24) is 10.6 Å². The molecule has 128 valence electrons. The van der Waals surface area contributed by atoms with Gasteiger partial charge < -0.3 is 24.9 Å². The molecule has 1 aromatic heterocycles. The maximum Gasteiger partial charge on any atom is 0.337 e. The van der Waals surface area contributed by atoms with E-state index in [1.54, 1.807) is 6.07 Å². The molecule has 0 aliphatic heterocycles. The van der Waals surface area contributed by atoms with Gasteiger partial charge in [0.2, 0.25) is 0 Å². The average Bonchev–Trinajstić information content (AvgIpc) is 3.07. The highest BCUT2D eigenvalue weighted by molar-refractivity contribution is 5.86. The Morgan fingerprint density at radius 1 is 1.38 bits per heavy atom. The number of methoxy groups -OCH3 is 1. The minimum absolute atomic E-state index is 0.0145. The molecule has 0 aliphatic rings. The molecule has 2 aromatic rings. The van der Waals surface area contributed by atoms with Crippen LogP contribution in [0.4, 0.5) is 9.18 Å². The number of carboxylic acids is 1. The zero-order valence-electron chi connectivity index (χ0n) is 13.1. The molecule has 0 saturated heterocycles. The maximum atomic E-state index is 13.6. The van der Waals surface area contributed by atoms with Crippen molar-refractivity contribution in [2.45, 2.75) is 19.0 Å². The fourth-order valence-electron chi connectivity index (χ4n) is 2.06. The van der Waals surface area contributed by atoms with Gasteiger partial charge in [-0.1, -0.05) is 6.07 Å². The minimum Gasteiger partial charge on any atom is -0.494 e. The normalized spacial score (nSPS) is 13.0. The third kappa shape index (κ3) is 3.65. The van der Waals surface area contributed by atoms with E-state index >= 15 is 0 Å². The van der Waals surface area contributed by atoms with Crippen LogP contribution in [0.2, 0.25) is 0 Å². The average molecular weight is 336 g/mol. The Morgan fingerprint density at radius 2 is 2.12 bits per heavy atom. The first-order chi connectivity index (χ1) is 11.4. The number of carbonyl (C=O) groups excluding carboxylic acids is 1. The summed E-state index contributed by atoms with van der Waals surface area (Å²) in [6.45, 7) is 1.32. The summed E-state index contributed by atoms with van der Waals surface area (Å²) in [6, 6.07) is 6.50. The Kier molecular flexibility index (Phi) is 5.08. The Bertz CT molecular complexity index is 732. The number of carbonyl (C=O) groups is 2. The number of nitrogens with one attached hydrogen (secondary N) is 2. The van der Waals surface area contributed by atoms with Gasteiger partial charge in [-0.3, -0.25) is 0 Å². The summed E-state index contributed by atoms with van der Waals surface area (Å²) >= 11 is 0. The van der Waals surface area contributed by atoms with Crippen molar-refractivity contribution < 1.29 is 28.2 Å². The highest BCUT2D eigenvalue weighted by atomic mass is 19.1. The van der Waals surface area contributed by atoms with E-state index in [1.807, 2.05) is 0 Å². The fourth-order valence-corrected chi connectivity index (χ4v) is 2.06. The maximum absolute atomic E-state index is 13.6. The second-order valence-electron chi connectivity index (χ2n) is 5.18. The van der Waals surface area contributed by atoms with E-state index in [9.17, 15) is 19.1 Å². The van der Waals surface area contributed by atoms with Gasteiger partial charge in [0, 0.05) is 6.54 Å². The molecule has 3 N–H and O–H groups in total. The van der Waals surface area contributed by atoms with Gasteiger partial charge in [0.05, 0.1) is 13.4 Å². The third-order valence-electron chi connectivity index (χ3n) is 3.47. The third-order valence-corrected chi connectivity index (χ3v) is 3.47. The summed E-state index contributed by atoms with van der Waals surface area (Å²) in [4.78, 5) is 23.5. The lowest BCUT2D eigenvalue weighted by atomic mass is 9.99. The molecule has 2 amide bonds. The van der Waals surface area contributed by atoms with E-state index in [4.69, 9.17) is 9.15 Å². The van der Waals surface area contributed by atoms with Crippen LogP contribution in [0.15, 0.2) is 41.0 Å². The molecule has 0 spiro atoms. The van der Waals surface area contributed by atoms with Gasteiger partial charge >= 0.3 is 12.0 Å². The first-order valence-corrected chi connectivity index (χ1v) is 7.02. The van der Waals surface area contributed by atoms with Crippen LogP contribution in [-0.2, 0) is 16.9 Å². The molecule has 8 heteroatoms. The molecule has 0 radical (unpaired) electrons. The molecule has 1 heterocycles. The molecule has 7 nitrogen and oxygen atoms in total. The van der Waals surface area contributed by atoms with Crippen molar-refractivity contribution in [3.05, 3.63) is 53.7 Å². The van der Waals surface area contributed by atoms with E-state index in [2.05, 4.69) is 10.6 Å². The molecule has 0 bridgehead atoms. The highest BCUT2D eigenvalue weighted by Gasteiger charge is 2.39. The van der Waals surface area contributed by atoms with E-state index in [1.165, 1.54) is 44.6 Å².